The van der Waals surface area contributed by atoms with Crippen LogP contribution in [0, 0.1) is 28.6 Å². The van der Waals surface area contributed by atoms with E-state index in [-0.39, 0.29) is 29.0 Å². The van der Waals surface area contributed by atoms with Crippen molar-refractivity contribution in [2.45, 2.75) is 70.8 Å². The fourth-order valence-electron chi connectivity index (χ4n) is 7.02. The lowest BCUT2D eigenvalue weighted by molar-refractivity contribution is -0.134. The molecule has 164 valence electrons. The highest BCUT2D eigenvalue weighted by Gasteiger charge is 2.62. The summed E-state index contributed by atoms with van der Waals surface area (Å²) in [7, 11) is -5.65. The van der Waals surface area contributed by atoms with Crippen molar-refractivity contribution in [2.24, 2.45) is 28.6 Å². The van der Waals surface area contributed by atoms with Gasteiger partial charge in [0.1, 0.15) is 5.76 Å². The fourth-order valence-corrected chi connectivity index (χ4v) is 7.61. The van der Waals surface area contributed by atoms with Crippen LogP contribution in [0.25, 0.3) is 0 Å². The van der Waals surface area contributed by atoms with Crippen molar-refractivity contribution < 1.29 is 30.6 Å². The Morgan fingerprint density at radius 1 is 1.17 bits per heavy atom. The first kappa shape index (κ1) is 21.0. The quantitative estimate of drug-likeness (QED) is 0.482. The summed E-state index contributed by atoms with van der Waals surface area (Å²) in [6, 6.07) is 0.223. The molecule has 1 saturated heterocycles. The third kappa shape index (κ3) is 2.93. The van der Waals surface area contributed by atoms with Gasteiger partial charge in [0.25, 0.3) is 0 Å². The highest BCUT2D eigenvalue weighted by molar-refractivity contribution is 7.87. The van der Waals surface area contributed by atoms with Crippen LogP contribution < -0.4 is 0 Å². The number of carbonyl (C=O) groups excluding carboxylic acids is 1. The number of fused-ring (bicyclic) bond motifs is 5. The van der Waals surface area contributed by atoms with Crippen LogP contribution in [0.1, 0.15) is 59.3 Å². The summed E-state index contributed by atoms with van der Waals surface area (Å²) in [4.78, 5) is 14.0. The molecule has 3 aliphatic carbocycles. The monoisotopic (exact) mass is 435 g/mol. The number of allylic oxidation sites excluding steroid dienone is 2. The first-order valence-corrected chi connectivity index (χ1v) is 11.7. The molecule has 9 heteroatoms. The van der Waals surface area contributed by atoms with Gasteiger partial charge in [-0.2, -0.15) is 21.6 Å². The maximum absolute atomic E-state index is 12.8. The highest BCUT2D eigenvalue weighted by atomic mass is 32.2. The minimum absolute atomic E-state index is 0.0115. The first-order chi connectivity index (χ1) is 13.3. The SMILES string of the molecule is CC(=O)N1CC[C@@]2(C)C1CC[C@@H]1[C@@H]2CC[C@]2(C)C(OS(=O)(=O)C(F)(F)F)=CC[C@@H]12. The standard InChI is InChI=1S/C20H28F3NO4S/c1-12(25)24-11-10-18(2)15-8-9-19(3)14(13(15)4-6-16(18)24)5-7-17(19)28-29(26,27)20(21,22)23/h7,13-16H,4-6,8-11H2,1-3H3/t13-,14-,15-,16?,18+,19-/m0/s1. The number of carbonyl (C=O) groups is 1. The molecule has 1 heterocycles. The van der Waals surface area contributed by atoms with Gasteiger partial charge in [0, 0.05) is 24.9 Å². The van der Waals surface area contributed by atoms with E-state index in [1.54, 1.807) is 13.0 Å². The lowest BCUT2D eigenvalue weighted by atomic mass is 9.49. The zero-order valence-electron chi connectivity index (χ0n) is 17.0. The van der Waals surface area contributed by atoms with Gasteiger partial charge in [-0.25, -0.2) is 0 Å². The van der Waals surface area contributed by atoms with Crippen molar-refractivity contribution >= 4 is 16.0 Å². The van der Waals surface area contributed by atoms with Crippen molar-refractivity contribution in [1.29, 1.82) is 0 Å². The summed E-state index contributed by atoms with van der Waals surface area (Å²) in [5.41, 5.74) is -6.11. The Balaban J connectivity index is 1.57. The molecule has 0 spiro atoms. The van der Waals surface area contributed by atoms with Gasteiger partial charge >= 0.3 is 15.6 Å². The van der Waals surface area contributed by atoms with Crippen LogP contribution in [-0.2, 0) is 19.1 Å². The molecule has 6 atom stereocenters. The van der Waals surface area contributed by atoms with E-state index in [4.69, 9.17) is 0 Å². The summed E-state index contributed by atoms with van der Waals surface area (Å²) in [5, 5.41) is 0. The molecule has 29 heavy (non-hydrogen) atoms. The Hall–Kier alpha value is -1.25. The van der Waals surface area contributed by atoms with Crippen molar-refractivity contribution in [1.82, 2.24) is 4.90 Å². The molecule has 0 aromatic heterocycles. The van der Waals surface area contributed by atoms with Gasteiger partial charge in [-0.3, -0.25) is 4.79 Å². The third-order valence-electron chi connectivity index (χ3n) is 8.48. The van der Waals surface area contributed by atoms with Crippen LogP contribution in [0.5, 0.6) is 0 Å². The number of nitrogens with zero attached hydrogens (tertiary/aromatic N) is 1. The van der Waals surface area contributed by atoms with Crippen molar-refractivity contribution in [3.05, 3.63) is 11.8 Å². The first-order valence-electron chi connectivity index (χ1n) is 10.3. The van der Waals surface area contributed by atoms with Gasteiger partial charge < -0.3 is 9.08 Å². The molecule has 5 nitrogen and oxygen atoms in total. The number of alkyl halides is 3. The largest absolute Gasteiger partial charge is 0.534 e. The van der Waals surface area contributed by atoms with E-state index >= 15 is 0 Å². The number of hydrogen-bond donors (Lipinski definition) is 0. The van der Waals surface area contributed by atoms with Gasteiger partial charge in [0.15, 0.2) is 0 Å². The zero-order valence-corrected chi connectivity index (χ0v) is 17.8. The predicted octanol–water partition coefficient (Wildman–Crippen LogP) is 4.21. The van der Waals surface area contributed by atoms with Crippen LogP contribution in [0.15, 0.2) is 11.8 Å². The number of likely N-dealkylation sites (tertiary alicyclic amines) is 1. The van der Waals surface area contributed by atoms with E-state index in [1.807, 2.05) is 11.8 Å². The van der Waals surface area contributed by atoms with Crippen LogP contribution >= 0.6 is 0 Å². The van der Waals surface area contributed by atoms with Crippen LogP contribution in [0.2, 0.25) is 0 Å². The molecule has 0 N–H and O–H groups in total. The molecule has 1 amide bonds. The number of halogens is 3. The Morgan fingerprint density at radius 2 is 1.86 bits per heavy atom. The second kappa shape index (κ2) is 6.37. The van der Waals surface area contributed by atoms with Crippen molar-refractivity contribution in [3.8, 4) is 0 Å². The molecule has 0 bridgehead atoms. The summed E-state index contributed by atoms with van der Waals surface area (Å²) < 4.78 is 66.3. The normalized spacial score (nSPS) is 42.0. The second-order valence-corrected chi connectivity index (χ2v) is 11.2. The lowest BCUT2D eigenvalue weighted by Gasteiger charge is -2.57. The van der Waals surface area contributed by atoms with E-state index in [0.717, 1.165) is 32.2 Å². The average molecular weight is 436 g/mol. The highest BCUT2D eigenvalue weighted by Crippen LogP contribution is 2.65. The van der Waals surface area contributed by atoms with Gasteiger partial charge in [0.05, 0.1) is 0 Å². The number of amides is 1. The summed E-state index contributed by atoms with van der Waals surface area (Å²) in [6.07, 6.45) is 6.24. The minimum Gasteiger partial charge on any atom is -0.380 e. The van der Waals surface area contributed by atoms with E-state index in [1.165, 1.54) is 0 Å². The maximum Gasteiger partial charge on any atom is 0.534 e. The van der Waals surface area contributed by atoms with E-state index < -0.39 is 21.0 Å². The smallest absolute Gasteiger partial charge is 0.380 e. The summed E-state index contributed by atoms with van der Waals surface area (Å²) in [5.74, 6) is 0.822. The zero-order chi connectivity index (χ0) is 21.4. The van der Waals surface area contributed by atoms with Gasteiger partial charge in [0.2, 0.25) is 5.91 Å². The maximum atomic E-state index is 12.8. The van der Waals surface area contributed by atoms with Gasteiger partial charge in [-0.05, 0) is 67.8 Å². The van der Waals surface area contributed by atoms with E-state index in [2.05, 4.69) is 11.1 Å². The van der Waals surface area contributed by atoms with Gasteiger partial charge in [-0.15, -0.1) is 0 Å². The number of hydrogen-bond acceptors (Lipinski definition) is 4. The van der Waals surface area contributed by atoms with Crippen molar-refractivity contribution in [3.63, 3.8) is 0 Å². The molecular formula is C20H28F3NO4S. The topological polar surface area (TPSA) is 63.7 Å². The average Bonchev–Trinajstić information content (AvgIpc) is 3.11. The number of rotatable bonds is 2. The Kier molecular flexibility index (Phi) is 4.62. The molecule has 3 fully saturated rings. The molecule has 4 rings (SSSR count). The third-order valence-corrected chi connectivity index (χ3v) is 9.45. The molecular weight excluding hydrogens is 407 g/mol. The lowest BCUT2D eigenvalue weighted by Crippen LogP contribution is -2.54. The molecule has 4 aliphatic rings. The summed E-state index contributed by atoms with van der Waals surface area (Å²) >= 11 is 0. The molecule has 0 aromatic carbocycles. The van der Waals surface area contributed by atoms with E-state index in [0.29, 0.717) is 24.7 Å². The van der Waals surface area contributed by atoms with Crippen LogP contribution in [0.4, 0.5) is 13.2 Å². The van der Waals surface area contributed by atoms with Crippen molar-refractivity contribution in [2.75, 3.05) is 6.54 Å². The molecule has 2 saturated carbocycles. The Labute approximate surface area is 169 Å². The summed E-state index contributed by atoms with van der Waals surface area (Å²) in [6.45, 7) is 6.48. The molecule has 0 radical (unpaired) electrons. The fraction of sp³-hybridized carbons (Fsp3) is 0.850. The minimum atomic E-state index is -5.65. The molecule has 0 aromatic rings. The Bertz CT molecular complexity index is 854. The van der Waals surface area contributed by atoms with Crippen LogP contribution in [-0.4, -0.2) is 37.3 Å². The molecule has 1 aliphatic heterocycles. The van der Waals surface area contributed by atoms with Crippen LogP contribution in [0.3, 0.4) is 0 Å². The molecule has 1 unspecified atom stereocenters. The Morgan fingerprint density at radius 3 is 2.48 bits per heavy atom. The van der Waals surface area contributed by atoms with E-state index in [9.17, 15) is 26.4 Å². The van der Waals surface area contributed by atoms with Gasteiger partial charge in [-0.1, -0.05) is 13.8 Å². The predicted molar refractivity (Wildman–Crippen MR) is 99.7 cm³/mol. The second-order valence-electron chi connectivity index (χ2n) is 9.68.